The Bertz CT molecular complexity index is 392. The van der Waals surface area contributed by atoms with Crippen LogP contribution in [0.4, 0.5) is 0 Å². The SMILES string of the molecule is CCOc1ccc([C@H]([NH3+])C(=O)[O-])cc1OCC. The zero-order chi connectivity index (χ0) is 12.8. The van der Waals surface area contributed by atoms with Gasteiger partial charge < -0.3 is 25.1 Å². The Morgan fingerprint density at radius 2 is 1.88 bits per heavy atom. The van der Waals surface area contributed by atoms with E-state index in [1.165, 1.54) is 0 Å². The molecule has 0 heterocycles. The smallest absolute Gasteiger partial charge is 0.161 e. The van der Waals surface area contributed by atoms with Gasteiger partial charge in [0.15, 0.2) is 17.5 Å². The molecule has 0 fully saturated rings. The van der Waals surface area contributed by atoms with Crippen LogP contribution < -0.4 is 20.3 Å². The van der Waals surface area contributed by atoms with E-state index in [-0.39, 0.29) is 0 Å². The van der Waals surface area contributed by atoms with E-state index >= 15 is 0 Å². The lowest BCUT2D eigenvalue weighted by Crippen LogP contribution is -2.61. The maximum absolute atomic E-state index is 10.7. The highest BCUT2D eigenvalue weighted by atomic mass is 16.5. The topological polar surface area (TPSA) is 86.2 Å². The van der Waals surface area contributed by atoms with Gasteiger partial charge in [0.2, 0.25) is 0 Å². The first kappa shape index (κ1) is 13.3. The van der Waals surface area contributed by atoms with E-state index in [0.29, 0.717) is 30.3 Å². The summed E-state index contributed by atoms with van der Waals surface area (Å²) in [7, 11) is 0. The number of rotatable bonds is 6. The Kier molecular flexibility index (Phi) is 4.78. The fourth-order valence-electron chi connectivity index (χ4n) is 1.42. The average Bonchev–Trinajstić information content (AvgIpc) is 2.31. The molecular formula is C12H17NO4. The number of quaternary nitrogens is 1. The summed E-state index contributed by atoms with van der Waals surface area (Å²) in [6.07, 6.45) is 0. The summed E-state index contributed by atoms with van der Waals surface area (Å²) in [5.74, 6) is -0.0815. The van der Waals surface area contributed by atoms with Gasteiger partial charge in [-0.2, -0.15) is 0 Å². The molecule has 0 bridgehead atoms. The van der Waals surface area contributed by atoms with Crippen LogP contribution in [-0.4, -0.2) is 19.2 Å². The lowest BCUT2D eigenvalue weighted by Gasteiger charge is -2.14. The summed E-state index contributed by atoms with van der Waals surface area (Å²) >= 11 is 0. The monoisotopic (exact) mass is 239 g/mol. The fourth-order valence-corrected chi connectivity index (χ4v) is 1.42. The molecule has 5 heteroatoms. The summed E-state index contributed by atoms with van der Waals surface area (Å²) in [5.41, 5.74) is 4.07. The van der Waals surface area contributed by atoms with Crippen LogP contribution in [0.15, 0.2) is 18.2 Å². The third-order valence-electron chi connectivity index (χ3n) is 2.25. The Hall–Kier alpha value is -1.75. The van der Waals surface area contributed by atoms with E-state index in [0.717, 1.165) is 0 Å². The summed E-state index contributed by atoms with van der Waals surface area (Å²) in [4.78, 5) is 10.7. The first-order valence-electron chi connectivity index (χ1n) is 5.53. The minimum absolute atomic E-state index is 0.483. The van der Waals surface area contributed by atoms with Crippen LogP contribution >= 0.6 is 0 Å². The van der Waals surface area contributed by atoms with Gasteiger partial charge in [0.25, 0.3) is 0 Å². The van der Waals surface area contributed by atoms with Crippen molar-refractivity contribution in [3.8, 4) is 11.5 Å². The molecule has 1 aromatic rings. The van der Waals surface area contributed by atoms with Crippen LogP contribution in [0.3, 0.4) is 0 Å². The quantitative estimate of drug-likeness (QED) is 0.726. The summed E-state index contributed by atoms with van der Waals surface area (Å²) in [6, 6.07) is 4.05. The largest absolute Gasteiger partial charge is 0.544 e. The second kappa shape index (κ2) is 6.10. The van der Waals surface area contributed by atoms with Crippen molar-refractivity contribution in [1.29, 1.82) is 0 Å². The van der Waals surface area contributed by atoms with E-state index < -0.39 is 12.0 Å². The normalized spacial score (nSPS) is 11.9. The Morgan fingerprint density at radius 1 is 1.29 bits per heavy atom. The molecular weight excluding hydrogens is 222 g/mol. The molecule has 1 aromatic carbocycles. The van der Waals surface area contributed by atoms with Gasteiger partial charge in [-0.25, -0.2) is 0 Å². The molecule has 0 aliphatic rings. The van der Waals surface area contributed by atoms with Gasteiger partial charge in [-0.05, 0) is 32.0 Å². The molecule has 1 rings (SSSR count). The van der Waals surface area contributed by atoms with Crippen molar-refractivity contribution in [3.63, 3.8) is 0 Å². The van der Waals surface area contributed by atoms with Crippen LogP contribution in [-0.2, 0) is 4.79 Å². The summed E-state index contributed by atoms with van der Waals surface area (Å²) < 4.78 is 10.8. The molecule has 5 nitrogen and oxygen atoms in total. The maximum atomic E-state index is 10.7. The van der Waals surface area contributed by atoms with Crippen molar-refractivity contribution in [2.24, 2.45) is 0 Å². The zero-order valence-corrected chi connectivity index (χ0v) is 10.1. The van der Waals surface area contributed by atoms with Gasteiger partial charge >= 0.3 is 0 Å². The molecule has 17 heavy (non-hydrogen) atoms. The van der Waals surface area contributed by atoms with Gasteiger partial charge in [-0.3, -0.25) is 0 Å². The number of hydrogen-bond donors (Lipinski definition) is 1. The molecule has 94 valence electrons. The molecule has 3 N–H and O–H groups in total. The van der Waals surface area contributed by atoms with E-state index in [4.69, 9.17) is 9.47 Å². The third-order valence-corrected chi connectivity index (χ3v) is 2.25. The van der Waals surface area contributed by atoms with Gasteiger partial charge in [0.05, 0.1) is 13.2 Å². The number of ether oxygens (including phenoxy) is 2. The molecule has 0 spiro atoms. The van der Waals surface area contributed by atoms with Crippen LogP contribution in [0.2, 0.25) is 0 Å². The lowest BCUT2D eigenvalue weighted by molar-refractivity contribution is -0.443. The second-order valence-corrected chi connectivity index (χ2v) is 3.44. The number of carboxylic acids is 1. The predicted octanol–water partition coefficient (Wildman–Crippen LogP) is -0.483. The third kappa shape index (κ3) is 3.35. The number of carbonyl (C=O) groups is 1. The minimum Gasteiger partial charge on any atom is -0.544 e. The van der Waals surface area contributed by atoms with Gasteiger partial charge in [-0.15, -0.1) is 0 Å². The molecule has 0 aromatic heterocycles. The molecule has 0 saturated carbocycles. The summed E-state index contributed by atoms with van der Waals surface area (Å²) in [6.45, 7) is 4.72. The van der Waals surface area contributed by atoms with Crippen molar-refractivity contribution in [1.82, 2.24) is 0 Å². The fraction of sp³-hybridized carbons (Fsp3) is 0.417. The van der Waals surface area contributed by atoms with E-state index in [1.807, 2.05) is 13.8 Å². The van der Waals surface area contributed by atoms with E-state index in [9.17, 15) is 9.90 Å². The number of carboxylic acid groups (broad SMARTS) is 1. The molecule has 0 unspecified atom stereocenters. The van der Waals surface area contributed by atoms with Gasteiger partial charge in [0.1, 0.15) is 5.97 Å². The van der Waals surface area contributed by atoms with Crippen LogP contribution in [0.5, 0.6) is 11.5 Å². The Labute approximate surface area is 100 Å². The molecule has 0 radical (unpaired) electrons. The number of benzene rings is 1. The molecule has 0 saturated heterocycles. The van der Waals surface area contributed by atoms with Crippen molar-refractivity contribution < 1.29 is 25.1 Å². The first-order valence-corrected chi connectivity index (χ1v) is 5.53. The highest BCUT2D eigenvalue weighted by molar-refractivity contribution is 5.72. The van der Waals surface area contributed by atoms with Crippen molar-refractivity contribution in [3.05, 3.63) is 23.8 Å². The lowest BCUT2D eigenvalue weighted by atomic mass is 10.1. The maximum Gasteiger partial charge on any atom is 0.161 e. The first-order chi connectivity index (χ1) is 8.10. The Morgan fingerprint density at radius 3 is 2.41 bits per heavy atom. The average molecular weight is 239 g/mol. The van der Waals surface area contributed by atoms with E-state index in [2.05, 4.69) is 5.73 Å². The zero-order valence-electron chi connectivity index (χ0n) is 10.1. The standard InChI is InChI=1S/C12H17NO4/c1-3-16-9-6-5-8(11(13)12(14)15)7-10(9)17-4-2/h5-7,11H,3-4,13H2,1-2H3,(H,14,15)/t11-/m0/s1. The molecule has 0 aliphatic carbocycles. The molecule has 0 amide bonds. The number of aliphatic carboxylic acids is 1. The van der Waals surface area contributed by atoms with Gasteiger partial charge in [0, 0.05) is 5.56 Å². The van der Waals surface area contributed by atoms with Crippen LogP contribution in [0.1, 0.15) is 25.5 Å². The Balaban J connectivity index is 3.04. The van der Waals surface area contributed by atoms with Crippen molar-refractivity contribution >= 4 is 5.97 Å². The number of carbonyl (C=O) groups excluding carboxylic acids is 1. The second-order valence-electron chi connectivity index (χ2n) is 3.44. The molecule has 1 atom stereocenters. The van der Waals surface area contributed by atoms with Crippen LogP contribution in [0, 0.1) is 0 Å². The highest BCUT2D eigenvalue weighted by Gasteiger charge is 2.14. The highest BCUT2D eigenvalue weighted by Crippen LogP contribution is 2.29. The van der Waals surface area contributed by atoms with Crippen molar-refractivity contribution in [2.75, 3.05) is 13.2 Å². The van der Waals surface area contributed by atoms with Gasteiger partial charge in [-0.1, -0.05) is 0 Å². The van der Waals surface area contributed by atoms with Crippen LogP contribution in [0.25, 0.3) is 0 Å². The minimum atomic E-state index is -1.21. The van der Waals surface area contributed by atoms with Crippen molar-refractivity contribution in [2.45, 2.75) is 19.9 Å². The molecule has 0 aliphatic heterocycles. The predicted molar refractivity (Wildman–Crippen MR) is 59.4 cm³/mol. The summed E-state index contributed by atoms with van der Waals surface area (Å²) in [5, 5.41) is 10.7. The number of hydrogen-bond acceptors (Lipinski definition) is 4. The van der Waals surface area contributed by atoms with E-state index in [1.54, 1.807) is 18.2 Å².